The molecule has 0 saturated heterocycles. The van der Waals surface area contributed by atoms with Crippen LogP contribution in [-0.4, -0.2) is 76.1 Å². The van der Waals surface area contributed by atoms with Gasteiger partial charge in [-0.05, 0) is 32.1 Å². The van der Waals surface area contributed by atoms with Crippen molar-refractivity contribution in [2.24, 2.45) is 0 Å². The Morgan fingerprint density at radius 1 is 0.509 bits per heavy atom. The summed E-state index contributed by atoms with van der Waals surface area (Å²) in [4.78, 5) is 79.6. The fourth-order valence-electron chi connectivity index (χ4n) is 6.12. The standard InChI is InChI=1S/C41H77N3O11/c1-5-7-9-11-13-15-17-19-21-23-25-30-37(45)52-34-35(53-38(46)31-26-24-22-20-18-16-14-12-10-8-6-2)33-43-39(47)36(44-41(49)55-51-4)29-27-28-32-42-40(48)54-50-3/h35-36H,5-34H2,1-4H3,(H,42,48)(H,43,47)(H,44,49). The van der Waals surface area contributed by atoms with Crippen molar-refractivity contribution >= 4 is 30.0 Å². The molecule has 0 heterocycles. The summed E-state index contributed by atoms with van der Waals surface area (Å²) in [5.41, 5.74) is 0. The van der Waals surface area contributed by atoms with E-state index in [-0.39, 0.29) is 44.9 Å². The molecule has 55 heavy (non-hydrogen) atoms. The molecule has 2 unspecified atom stereocenters. The van der Waals surface area contributed by atoms with Gasteiger partial charge in [-0.3, -0.25) is 24.2 Å². The maximum atomic E-state index is 13.2. The molecule has 0 bridgehead atoms. The van der Waals surface area contributed by atoms with E-state index in [1.54, 1.807) is 0 Å². The number of hydrogen-bond donors (Lipinski definition) is 3. The minimum absolute atomic E-state index is 0.128. The lowest BCUT2D eigenvalue weighted by Gasteiger charge is -2.21. The molecule has 2 atom stereocenters. The van der Waals surface area contributed by atoms with Gasteiger partial charge in [0.25, 0.3) is 0 Å². The summed E-state index contributed by atoms with van der Waals surface area (Å²) in [7, 11) is 2.37. The zero-order valence-corrected chi connectivity index (χ0v) is 34.9. The first kappa shape index (κ1) is 51.9. The van der Waals surface area contributed by atoms with Crippen LogP contribution in [0.3, 0.4) is 0 Å². The van der Waals surface area contributed by atoms with Crippen molar-refractivity contribution < 1.29 is 53.0 Å². The number of unbranched alkanes of at least 4 members (excludes halogenated alkanes) is 21. The van der Waals surface area contributed by atoms with Gasteiger partial charge in [-0.25, -0.2) is 9.59 Å². The lowest BCUT2D eigenvalue weighted by Crippen LogP contribution is -2.49. The van der Waals surface area contributed by atoms with Crippen LogP contribution in [0.5, 0.6) is 0 Å². The quantitative estimate of drug-likeness (QED) is 0.0235. The smallest absolute Gasteiger partial charge is 0.439 e. The lowest BCUT2D eigenvalue weighted by molar-refractivity contribution is -0.213. The van der Waals surface area contributed by atoms with E-state index in [2.05, 4.69) is 49.3 Å². The van der Waals surface area contributed by atoms with Crippen LogP contribution < -0.4 is 16.0 Å². The van der Waals surface area contributed by atoms with Gasteiger partial charge in [0.05, 0.1) is 20.8 Å². The topological polar surface area (TPSA) is 177 Å². The molecule has 0 rings (SSSR count). The third-order valence-electron chi connectivity index (χ3n) is 9.32. The average molecular weight is 788 g/mol. The number of carbonyl (C=O) groups excluding carboxylic acids is 5. The van der Waals surface area contributed by atoms with Crippen LogP contribution in [0.4, 0.5) is 9.59 Å². The summed E-state index contributed by atoms with van der Waals surface area (Å²) in [6.07, 6.45) is 24.7. The predicted octanol–water partition coefficient (Wildman–Crippen LogP) is 9.07. The van der Waals surface area contributed by atoms with Gasteiger partial charge >= 0.3 is 24.1 Å². The lowest BCUT2D eigenvalue weighted by atomic mass is 10.1. The Kier molecular flexibility index (Phi) is 36.9. The second-order valence-corrected chi connectivity index (χ2v) is 14.3. The molecular formula is C41H77N3O11. The Morgan fingerprint density at radius 3 is 1.45 bits per heavy atom. The maximum absolute atomic E-state index is 13.2. The molecule has 0 aliphatic carbocycles. The SMILES string of the molecule is CCCCCCCCCCCCCC(=O)OCC(CNC(=O)C(CCCCNC(=O)OOC)NC(=O)OOC)OC(=O)CCCCCCCCCCCCC. The first-order chi connectivity index (χ1) is 26.8. The van der Waals surface area contributed by atoms with Crippen LogP contribution in [0.25, 0.3) is 0 Å². The third kappa shape index (κ3) is 35.1. The van der Waals surface area contributed by atoms with Gasteiger partial charge in [0.15, 0.2) is 6.10 Å². The molecule has 0 aliphatic heterocycles. The fraction of sp³-hybridized carbons (Fsp3) is 0.878. The highest BCUT2D eigenvalue weighted by Gasteiger charge is 2.24. The molecular weight excluding hydrogens is 710 g/mol. The fourth-order valence-corrected chi connectivity index (χ4v) is 6.12. The number of amides is 3. The van der Waals surface area contributed by atoms with Crippen LogP contribution >= 0.6 is 0 Å². The van der Waals surface area contributed by atoms with Crippen LogP contribution in [-0.2, 0) is 43.4 Å². The molecule has 14 heteroatoms. The molecule has 0 aromatic rings. The van der Waals surface area contributed by atoms with Crippen molar-refractivity contribution in [3.05, 3.63) is 0 Å². The Balaban J connectivity index is 4.94. The summed E-state index contributed by atoms with van der Waals surface area (Å²) in [5, 5.41) is 7.65. The monoisotopic (exact) mass is 788 g/mol. The van der Waals surface area contributed by atoms with E-state index in [0.717, 1.165) is 45.6 Å². The predicted molar refractivity (Wildman–Crippen MR) is 212 cm³/mol. The molecule has 0 fully saturated rings. The maximum Gasteiger partial charge on any atom is 0.439 e. The van der Waals surface area contributed by atoms with Crippen molar-refractivity contribution in [3.63, 3.8) is 0 Å². The van der Waals surface area contributed by atoms with E-state index in [0.29, 0.717) is 19.3 Å². The van der Waals surface area contributed by atoms with Crippen LogP contribution in [0, 0.1) is 0 Å². The molecule has 0 aromatic heterocycles. The summed E-state index contributed by atoms with van der Waals surface area (Å²) in [5.74, 6) is -1.36. The van der Waals surface area contributed by atoms with Crippen molar-refractivity contribution in [2.45, 2.75) is 199 Å². The number of hydrogen-bond acceptors (Lipinski definition) is 11. The molecule has 3 amide bonds. The molecule has 322 valence electrons. The molecule has 14 nitrogen and oxygen atoms in total. The first-order valence-corrected chi connectivity index (χ1v) is 21.4. The van der Waals surface area contributed by atoms with E-state index < -0.39 is 36.2 Å². The van der Waals surface area contributed by atoms with Crippen molar-refractivity contribution in [1.29, 1.82) is 0 Å². The molecule has 0 saturated carbocycles. The number of rotatable bonds is 38. The summed E-state index contributed by atoms with van der Waals surface area (Å²) < 4.78 is 11.2. The van der Waals surface area contributed by atoms with Crippen molar-refractivity contribution in [2.75, 3.05) is 33.9 Å². The summed E-state index contributed by atoms with van der Waals surface area (Å²) in [6, 6.07) is -1.02. The normalized spacial score (nSPS) is 12.0. The summed E-state index contributed by atoms with van der Waals surface area (Å²) >= 11 is 0. The largest absolute Gasteiger partial charge is 0.462 e. The number of nitrogens with one attached hydrogen (secondary N) is 3. The van der Waals surface area contributed by atoms with E-state index >= 15 is 0 Å². The van der Waals surface area contributed by atoms with Crippen molar-refractivity contribution in [3.8, 4) is 0 Å². The molecule has 0 aliphatic rings. The Hall–Kier alpha value is -3.13. The van der Waals surface area contributed by atoms with Crippen molar-refractivity contribution in [1.82, 2.24) is 16.0 Å². The van der Waals surface area contributed by atoms with Gasteiger partial charge in [0, 0.05) is 19.4 Å². The highest BCUT2D eigenvalue weighted by Crippen LogP contribution is 2.14. The van der Waals surface area contributed by atoms with Gasteiger partial charge in [-0.15, -0.1) is 0 Å². The second kappa shape index (κ2) is 39.1. The van der Waals surface area contributed by atoms with Gasteiger partial charge in [0.2, 0.25) is 5.91 Å². The van der Waals surface area contributed by atoms with Gasteiger partial charge in [0.1, 0.15) is 12.6 Å². The van der Waals surface area contributed by atoms with E-state index in [1.165, 1.54) is 103 Å². The van der Waals surface area contributed by atoms with E-state index in [9.17, 15) is 24.0 Å². The highest BCUT2D eigenvalue weighted by molar-refractivity contribution is 5.85. The average Bonchev–Trinajstić information content (AvgIpc) is 3.16. The first-order valence-electron chi connectivity index (χ1n) is 21.4. The number of esters is 2. The Bertz CT molecular complexity index is 970. The Morgan fingerprint density at radius 2 is 0.964 bits per heavy atom. The Labute approximate surface area is 331 Å². The third-order valence-corrected chi connectivity index (χ3v) is 9.32. The van der Waals surface area contributed by atoms with Gasteiger partial charge < -0.3 is 25.4 Å². The van der Waals surface area contributed by atoms with E-state index in [1.807, 2.05) is 0 Å². The highest BCUT2D eigenvalue weighted by atomic mass is 17.2. The van der Waals surface area contributed by atoms with Gasteiger partial charge in [-0.2, -0.15) is 9.78 Å². The molecule has 0 radical (unpaired) electrons. The minimum Gasteiger partial charge on any atom is -0.462 e. The van der Waals surface area contributed by atoms with Gasteiger partial charge in [-0.1, -0.05) is 142 Å². The number of carbonyl (C=O) groups is 5. The minimum atomic E-state index is -1.02. The molecule has 0 aromatic carbocycles. The van der Waals surface area contributed by atoms with Crippen LogP contribution in [0.15, 0.2) is 0 Å². The zero-order valence-electron chi connectivity index (χ0n) is 34.9. The molecule has 3 N–H and O–H groups in total. The number of ether oxygens (including phenoxy) is 2. The van der Waals surface area contributed by atoms with Crippen LogP contribution in [0.1, 0.15) is 187 Å². The van der Waals surface area contributed by atoms with E-state index in [4.69, 9.17) is 9.47 Å². The summed E-state index contributed by atoms with van der Waals surface area (Å²) in [6.45, 7) is 4.37. The second-order valence-electron chi connectivity index (χ2n) is 14.3. The van der Waals surface area contributed by atoms with Crippen LogP contribution in [0.2, 0.25) is 0 Å². The molecule has 0 spiro atoms. The zero-order chi connectivity index (χ0) is 40.6.